The van der Waals surface area contributed by atoms with Crippen molar-refractivity contribution in [1.82, 2.24) is 20.2 Å². The molecule has 10 heteroatoms. The summed E-state index contributed by atoms with van der Waals surface area (Å²) in [7, 11) is 0. The third-order valence-electron chi connectivity index (χ3n) is 3.88. The molecule has 150 valence electrons. The Labute approximate surface area is 170 Å². The fraction of sp³-hybridized carbons (Fsp3) is 0.100. The maximum absolute atomic E-state index is 12.8. The highest BCUT2D eigenvalue weighted by Gasteiger charge is 2.23. The van der Waals surface area contributed by atoms with Gasteiger partial charge in [-0.25, -0.2) is 4.79 Å². The van der Waals surface area contributed by atoms with Crippen molar-refractivity contribution in [2.24, 2.45) is 5.73 Å². The lowest BCUT2D eigenvalue weighted by atomic mass is 10.1. The third-order valence-corrected chi connectivity index (χ3v) is 3.88. The Bertz CT molecular complexity index is 1150. The Hall–Kier alpha value is -4.52. The van der Waals surface area contributed by atoms with Crippen LogP contribution in [0.15, 0.2) is 64.4 Å². The molecule has 2 aromatic heterocycles. The number of esters is 1. The first-order valence-electron chi connectivity index (χ1n) is 8.67. The van der Waals surface area contributed by atoms with Crippen LogP contribution in [0.1, 0.15) is 12.7 Å². The number of ketones is 1. The lowest BCUT2D eigenvalue weighted by Gasteiger charge is -2.09. The molecule has 0 aliphatic rings. The van der Waals surface area contributed by atoms with E-state index in [1.54, 1.807) is 42.5 Å². The predicted octanol–water partition coefficient (Wildman–Crippen LogP) is 1.80. The molecule has 0 aliphatic heterocycles. The zero-order valence-corrected chi connectivity index (χ0v) is 15.8. The molecule has 0 amide bonds. The summed E-state index contributed by atoms with van der Waals surface area (Å²) in [6, 6.07) is 13.9. The van der Waals surface area contributed by atoms with E-state index in [0.717, 1.165) is 0 Å². The van der Waals surface area contributed by atoms with Gasteiger partial charge in [-0.05, 0) is 29.5 Å². The van der Waals surface area contributed by atoms with Crippen LogP contribution in [0.5, 0.6) is 0 Å². The fourth-order valence-electron chi connectivity index (χ4n) is 2.48. The van der Waals surface area contributed by atoms with Gasteiger partial charge in [-0.15, -0.1) is 5.10 Å². The molecule has 0 aliphatic carbocycles. The van der Waals surface area contributed by atoms with Gasteiger partial charge in [-0.3, -0.25) is 4.79 Å². The van der Waals surface area contributed by atoms with Gasteiger partial charge in [0.1, 0.15) is 17.4 Å². The van der Waals surface area contributed by atoms with Crippen LogP contribution in [0.4, 0.5) is 0 Å². The molecule has 3 rings (SSSR count). The van der Waals surface area contributed by atoms with Crippen molar-refractivity contribution in [2.75, 3.05) is 6.61 Å². The van der Waals surface area contributed by atoms with Crippen LogP contribution in [0, 0.1) is 11.3 Å². The number of benzene rings is 1. The van der Waals surface area contributed by atoms with Gasteiger partial charge in [-0.1, -0.05) is 30.3 Å². The number of tetrazole rings is 1. The van der Waals surface area contributed by atoms with E-state index < -0.39 is 18.4 Å². The molecule has 10 nitrogen and oxygen atoms in total. The molecule has 1 aromatic carbocycles. The number of rotatable bonds is 7. The van der Waals surface area contributed by atoms with Crippen molar-refractivity contribution in [3.05, 3.63) is 65.8 Å². The molecule has 0 unspecified atom stereocenters. The van der Waals surface area contributed by atoms with Gasteiger partial charge in [0.15, 0.2) is 18.1 Å². The molecule has 0 saturated heterocycles. The van der Waals surface area contributed by atoms with Gasteiger partial charge in [-0.2, -0.15) is 9.94 Å². The highest BCUT2D eigenvalue weighted by Crippen LogP contribution is 2.21. The molecule has 3 aromatic rings. The Morgan fingerprint density at radius 1 is 1.27 bits per heavy atom. The number of aromatic nitrogens is 4. The lowest BCUT2D eigenvalue weighted by molar-refractivity contribution is -0.141. The van der Waals surface area contributed by atoms with E-state index >= 15 is 0 Å². The zero-order valence-electron chi connectivity index (χ0n) is 15.8. The van der Waals surface area contributed by atoms with Crippen LogP contribution in [0.3, 0.4) is 0 Å². The normalized spacial score (nSPS) is 12.1. The van der Waals surface area contributed by atoms with E-state index in [0.29, 0.717) is 11.3 Å². The lowest BCUT2D eigenvalue weighted by Crippen LogP contribution is -2.20. The zero-order chi connectivity index (χ0) is 21.5. The number of ether oxygens (including phenoxy) is 1. The summed E-state index contributed by atoms with van der Waals surface area (Å²) in [6.07, 6.45) is 2.81. The second-order valence-corrected chi connectivity index (χ2v) is 5.99. The van der Waals surface area contributed by atoms with Gasteiger partial charge < -0.3 is 14.9 Å². The predicted molar refractivity (Wildman–Crippen MR) is 105 cm³/mol. The first kappa shape index (κ1) is 20.2. The number of hydrogen-bond donors (Lipinski definition) is 1. The highest BCUT2D eigenvalue weighted by molar-refractivity contribution is 6.16. The molecule has 0 saturated carbocycles. The van der Waals surface area contributed by atoms with Gasteiger partial charge in [0.2, 0.25) is 5.78 Å². The largest absolute Gasteiger partial charge is 0.465 e. The van der Waals surface area contributed by atoms with Gasteiger partial charge in [0.25, 0.3) is 0 Å². The first-order valence-corrected chi connectivity index (χ1v) is 8.67. The second kappa shape index (κ2) is 9.11. The quantitative estimate of drug-likeness (QED) is 0.353. The minimum atomic E-state index is -0.892. The number of allylic oxidation sites excluding steroid dienone is 1. The average molecular weight is 404 g/mol. The van der Waals surface area contributed by atoms with Crippen LogP contribution in [-0.2, 0) is 14.3 Å². The molecule has 0 bridgehead atoms. The number of Topliss-reactive ketones (excluding diaryl/α,β-unsaturated/α-hetero) is 1. The molecule has 0 spiro atoms. The third kappa shape index (κ3) is 4.48. The Kier molecular flexibility index (Phi) is 6.14. The monoisotopic (exact) mass is 404 g/mol. The van der Waals surface area contributed by atoms with Crippen LogP contribution in [0.25, 0.3) is 23.2 Å². The van der Waals surface area contributed by atoms with E-state index in [-0.39, 0.29) is 22.8 Å². The van der Waals surface area contributed by atoms with Crippen molar-refractivity contribution < 1.29 is 18.7 Å². The summed E-state index contributed by atoms with van der Waals surface area (Å²) in [5.74, 6) is -0.982. The van der Waals surface area contributed by atoms with Crippen LogP contribution in [0.2, 0.25) is 0 Å². The molecule has 0 radical (unpaired) electrons. The number of nitrogens with two attached hydrogens (primary N) is 1. The molecular formula is C20H16N6O4. The van der Waals surface area contributed by atoms with Crippen LogP contribution < -0.4 is 5.73 Å². The summed E-state index contributed by atoms with van der Waals surface area (Å²) in [5.41, 5.74) is 5.84. The SMILES string of the molecule is CC(N)=C(C#N)C(=O)COC(=O)C(=Cc1ccco1)n1nnnc1-c1ccccc1. The number of carbonyl (C=O) groups is 2. The molecule has 0 atom stereocenters. The maximum Gasteiger partial charge on any atom is 0.357 e. The molecule has 2 heterocycles. The van der Waals surface area contributed by atoms with E-state index in [9.17, 15) is 9.59 Å². The van der Waals surface area contributed by atoms with Crippen LogP contribution >= 0.6 is 0 Å². The minimum absolute atomic E-state index is 0.0386. The van der Waals surface area contributed by atoms with Crippen molar-refractivity contribution in [3.63, 3.8) is 0 Å². The van der Waals surface area contributed by atoms with Crippen molar-refractivity contribution in [3.8, 4) is 17.5 Å². The summed E-state index contributed by atoms with van der Waals surface area (Å²) >= 11 is 0. The standard InChI is InChI=1S/C20H16N6O4/c1-13(22)16(11-21)18(27)12-30-20(28)17(10-15-8-5-9-29-15)26-19(23-24-25-26)14-6-3-2-4-7-14/h2-10H,12,22H2,1H3. The molecule has 2 N–H and O–H groups in total. The fourth-order valence-corrected chi connectivity index (χ4v) is 2.48. The molecule has 30 heavy (non-hydrogen) atoms. The second-order valence-electron chi connectivity index (χ2n) is 5.99. The smallest absolute Gasteiger partial charge is 0.357 e. The Morgan fingerprint density at radius 3 is 2.67 bits per heavy atom. The number of furan rings is 1. The Balaban J connectivity index is 1.94. The number of hydrogen-bond acceptors (Lipinski definition) is 9. The van der Waals surface area contributed by atoms with E-state index in [2.05, 4.69) is 15.5 Å². The first-order chi connectivity index (χ1) is 14.5. The number of carbonyl (C=O) groups excluding carboxylic acids is 2. The summed E-state index contributed by atoms with van der Waals surface area (Å²) in [6.45, 7) is 0.738. The van der Waals surface area contributed by atoms with Crippen LogP contribution in [-0.4, -0.2) is 38.6 Å². The summed E-state index contributed by atoms with van der Waals surface area (Å²) in [5, 5.41) is 20.5. The maximum atomic E-state index is 12.8. The van der Waals surface area contributed by atoms with Gasteiger partial charge in [0, 0.05) is 17.3 Å². The summed E-state index contributed by atoms with van der Waals surface area (Å²) < 4.78 is 11.6. The molecule has 0 fully saturated rings. The van der Waals surface area contributed by atoms with Crippen molar-refractivity contribution in [1.29, 1.82) is 5.26 Å². The number of nitriles is 1. The van der Waals surface area contributed by atoms with Gasteiger partial charge in [0.05, 0.1) is 6.26 Å². The molecular weight excluding hydrogens is 388 g/mol. The van der Waals surface area contributed by atoms with E-state index in [4.69, 9.17) is 20.1 Å². The summed E-state index contributed by atoms with van der Waals surface area (Å²) in [4.78, 5) is 24.9. The highest BCUT2D eigenvalue weighted by atomic mass is 16.5. The number of nitrogens with zero attached hydrogens (tertiary/aromatic N) is 5. The van der Waals surface area contributed by atoms with Crippen molar-refractivity contribution >= 4 is 23.5 Å². The van der Waals surface area contributed by atoms with Gasteiger partial charge >= 0.3 is 5.97 Å². The minimum Gasteiger partial charge on any atom is -0.465 e. The van der Waals surface area contributed by atoms with Crippen molar-refractivity contribution in [2.45, 2.75) is 6.92 Å². The average Bonchev–Trinajstić information content (AvgIpc) is 3.43. The Morgan fingerprint density at radius 2 is 2.03 bits per heavy atom. The topological polar surface area (TPSA) is 150 Å². The van der Waals surface area contributed by atoms with E-state index in [1.807, 2.05) is 6.07 Å². The van der Waals surface area contributed by atoms with E-state index in [1.165, 1.54) is 23.9 Å².